The van der Waals surface area contributed by atoms with Gasteiger partial charge in [-0.1, -0.05) is 12.1 Å². The van der Waals surface area contributed by atoms with Crippen molar-refractivity contribution in [2.75, 3.05) is 5.32 Å². The van der Waals surface area contributed by atoms with Gasteiger partial charge in [0.15, 0.2) is 0 Å². The zero-order valence-corrected chi connectivity index (χ0v) is 11.7. The number of carbonyl (C=O) groups excluding carboxylic acids is 1. The number of hydrogen-bond acceptors (Lipinski definition) is 4. The van der Waals surface area contributed by atoms with Crippen LogP contribution in [0.2, 0.25) is 0 Å². The first-order valence-electron chi connectivity index (χ1n) is 6.06. The lowest BCUT2D eigenvalue weighted by molar-refractivity contribution is -0.105. The minimum Gasteiger partial charge on any atom is -0.423 e. The van der Waals surface area contributed by atoms with E-state index >= 15 is 0 Å². The molecule has 0 saturated carbocycles. The molecule has 3 N–H and O–H groups in total. The Morgan fingerprint density at radius 2 is 1.95 bits per heavy atom. The Balaban J connectivity index is 2.86. The van der Waals surface area contributed by atoms with Gasteiger partial charge in [0.2, 0.25) is 6.41 Å². The van der Waals surface area contributed by atoms with Crippen molar-refractivity contribution in [1.29, 1.82) is 0 Å². The van der Waals surface area contributed by atoms with Gasteiger partial charge in [-0.25, -0.2) is 0 Å². The molecule has 1 rings (SSSR count). The molecule has 1 aromatic carbocycles. The summed E-state index contributed by atoms with van der Waals surface area (Å²) in [5, 5.41) is 22.5. The van der Waals surface area contributed by atoms with Crippen molar-refractivity contribution in [3.63, 3.8) is 0 Å². The zero-order valence-electron chi connectivity index (χ0n) is 11.7. The summed E-state index contributed by atoms with van der Waals surface area (Å²) in [7, 11) is -1.19. The highest BCUT2D eigenvalue weighted by Crippen LogP contribution is 2.25. The first-order chi connectivity index (χ1) is 8.67. The molecule has 6 heteroatoms. The van der Waals surface area contributed by atoms with Gasteiger partial charge in [-0.15, -0.1) is 0 Å². The van der Waals surface area contributed by atoms with Crippen molar-refractivity contribution in [3.05, 3.63) is 24.3 Å². The number of nitrogens with one attached hydrogen (secondary N) is 1. The summed E-state index contributed by atoms with van der Waals surface area (Å²) in [6, 6.07) is 6.69. The van der Waals surface area contributed by atoms with Crippen molar-refractivity contribution >= 4 is 24.7 Å². The average molecular weight is 265 g/mol. The Labute approximate surface area is 113 Å². The van der Waals surface area contributed by atoms with Crippen molar-refractivity contribution in [2.45, 2.75) is 38.9 Å². The second-order valence-electron chi connectivity index (χ2n) is 5.43. The van der Waals surface area contributed by atoms with Crippen LogP contribution >= 0.6 is 0 Å². The molecule has 0 aliphatic heterocycles. The normalized spacial score (nSPS) is 12.1. The molecule has 0 radical (unpaired) electrons. The van der Waals surface area contributed by atoms with Gasteiger partial charge in [-0.2, -0.15) is 0 Å². The van der Waals surface area contributed by atoms with E-state index in [0.29, 0.717) is 17.6 Å². The third-order valence-corrected chi connectivity index (χ3v) is 3.28. The van der Waals surface area contributed by atoms with Gasteiger partial charge in [-0.05, 0) is 45.3 Å². The van der Waals surface area contributed by atoms with Crippen molar-refractivity contribution in [1.82, 2.24) is 0 Å². The molecule has 0 saturated heterocycles. The van der Waals surface area contributed by atoms with E-state index in [2.05, 4.69) is 5.32 Å². The summed E-state index contributed by atoms with van der Waals surface area (Å²) in [6.45, 7) is 6.63. The molecule has 0 spiro atoms. The maximum atomic E-state index is 10.4. The van der Waals surface area contributed by atoms with E-state index in [4.69, 9.17) is 4.65 Å². The van der Waals surface area contributed by atoms with Crippen molar-refractivity contribution in [3.8, 4) is 0 Å². The standard InChI is InChI=1S/C13H20BNO4/c1-12(2,17)13(3,4)19-14(18)10-6-5-7-11(8-10)15-9-16/h5-9,17-18H,1-4H3,(H,15,16). The van der Waals surface area contributed by atoms with Crippen LogP contribution in [-0.2, 0) is 9.45 Å². The molecule has 0 fully saturated rings. The molecule has 0 unspecified atom stereocenters. The molecule has 0 atom stereocenters. The second kappa shape index (κ2) is 5.73. The van der Waals surface area contributed by atoms with Gasteiger partial charge >= 0.3 is 7.12 Å². The lowest BCUT2D eigenvalue weighted by atomic mass is 9.76. The maximum Gasteiger partial charge on any atom is 0.491 e. The van der Waals surface area contributed by atoms with Gasteiger partial charge in [-0.3, -0.25) is 4.79 Å². The molecule has 0 heterocycles. The minimum atomic E-state index is -1.19. The molecule has 0 aromatic heterocycles. The van der Waals surface area contributed by atoms with Gasteiger partial charge in [0.25, 0.3) is 0 Å². The van der Waals surface area contributed by atoms with Crippen LogP contribution in [0.25, 0.3) is 0 Å². The van der Waals surface area contributed by atoms with Crippen LogP contribution in [0.3, 0.4) is 0 Å². The first-order valence-corrected chi connectivity index (χ1v) is 6.06. The number of aliphatic hydroxyl groups is 1. The summed E-state index contributed by atoms with van der Waals surface area (Å²) in [5.74, 6) is 0. The Bertz CT molecular complexity index is 443. The Kier molecular flexibility index (Phi) is 4.73. The van der Waals surface area contributed by atoms with Crippen LogP contribution in [0.1, 0.15) is 27.7 Å². The van der Waals surface area contributed by atoms with Gasteiger partial charge < -0.3 is 20.1 Å². The average Bonchev–Trinajstić information content (AvgIpc) is 2.27. The highest BCUT2D eigenvalue weighted by atomic mass is 16.5. The van der Waals surface area contributed by atoms with Gasteiger partial charge in [0.05, 0.1) is 11.2 Å². The van der Waals surface area contributed by atoms with E-state index in [1.54, 1.807) is 52.0 Å². The Morgan fingerprint density at radius 1 is 1.32 bits per heavy atom. The lowest BCUT2D eigenvalue weighted by Gasteiger charge is -2.38. The Hall–Kier alpha value is -1.37. The molecular formula is C13H20BNO4. The van der Waals surface area contributed by atoms with Crippen molar-refractivity contribution in [2.24, 2.45) is 0 Å². The molecule has 19 heavy (non-hydrogen) atoms. The SMILES string of the molecule is CC(C)(O)C(C)(C)OB(O)c1cccc(NC=O)c1. The summed E-state index contributed by atoms with van der Waals surface area (Å²) in [5.41, 5.74) is -0.965. The second-order valence-corrected chi connectivity index (χ2v) is 5.43. The van der Waals surface area contributed by atoms with E-state index in [9.17, 15) is 14.9 Å². The molecule has 1 amide bonds. The minimum absolute atomic E-state index is 0.504. The molecule has 1 aromatic rings. The molecule has 5 nitrogen and oxygen atoms in total. The highest BCUT2D eigenvalue weighted by Gasteiger charge is 2.39. The fraction of sp³-hybridized carbons (Fsp3) is 0.462. The summed E-state index contributed by atoms with van der Waals surface area (Å²) < 4.78 is 5.51. The maximum absolute atomic E-state index is 10.4. The smallest absolute Gasteiger partial charge is 0.423 e. The van der Waals surface area contributed by atoms with E-state index in [-0.39, 0.29) is 0 Å². The number of amides is 1. The third-order valence-electron chi connectivity index (χ3n) is 3.28. The van der Waals surface area contributed by atoms with Crippen LogP contribution < -0.4 is 10.8 Å². The van der Waals surface area contributed by atoms with Crippen LogP contribution in [0.15, 0.2) is 24.3 Å². The Morgan fingerprint density at radius 3 is 2.47 bits per heavy atom. The number of carbonyl (C=O) groups is 1. The van der Waals surface area contributed by atoms with Gasteiger partial charge in [0.1, 0.15) is 0 Å². The summed E-state index contributed by atoms with van der Waals surface area (Å²) in [4.78, 5) is 10.4. The van der Waals surface area contributed by atoms with Crippen LogP contribution in [-0.4, -0.2) is 34.9 Å². The largest absolute Gasteiger partial charge is 0.491 e. The number of benzene rings is 1. The van der Waals surface area contributed by atoms with Gasteiger partial charge in [0, 0.05) is 5.69 Å². The third kappa shape index (κ3) is 4.06. The highest BCUT2D eigenvalue weighted by molar-refractivity contribution is 6.60. The number of rotatable bonds is 6. The molecular weight excluding hydrogens is 245 g/mol. The summed E-state index contributed by atoms with van der Waals surface area (Å²) >= 11 is 0. The molecule has 0 bridgehead atoms. The molecule has 104 valence electrons. The van der Waals surface area contributed by atoms with Crippen LogP contribution in [0, 0.1) is 0 Å². The predicted molar refractivity (Wildman–Crippen MR) is 75.2 cm³/mol. The zero-order chi connectivity index (χ0) is 14.7. The predicted octanol–water partition coefficient (Wildman–Crippen LogP) is 0.508. The topological polar surface area (TPSA) is 78.8 Å². The van der Waals surface area contributed by atoms with Crippen molar-refractivity contribution < 1.29 is 19.6 Å². The number of hydrogen-bond donors (Lipinski definition) is 3. The first kappa shape index (κ1) is 15.7. The molecule has 0 aliphatic carbocycles. The van der Waals surface area contributed by atoms with E-state index < -0.39 is 18.3 Å². The fourth-order valence-electron chi connectivity index (χ4n) is 1.34. The van der Waals surface area contributed by atoms with Crippen LogP contribution in [0.4, 0.5) is 5.69 Å². The van der Waals surface area contributed by atoms with E-state index in [1.165, 1.54) is 0 Å². The van der Waals surface area contributed by atoms with Crippen LogP contribution in [0.5, 0.6) is 0 Å². The lowest BCUT2D eigenvalue weighted by Crippen LogP contribution is -2.53. The summed E-state index contributed by atoms with van der Waals surface area (Å²) in [6.07, 6.45) is 0.563. The number of anilines is 1. The fourth-order valence-corrected chi connectivity index (χ4v) is 1.34. The van der Waals surface area contributed by atoms with E-state index in [1.807, 2.05) is 0 Å². The quantitative estimate of drug-likeness (QED) is 0.517. The monoisotopic (exact) mass is 265 g/mol. The molecule has 0 aliphatic rings. The van der Waals surface area contributed by atoms with E-state index in [0.717, 1.165) is 0 Å².